The van der Waals surface area contributed by atoms with Gasteiger partial charge in [-0.05, 0) is 24.3 Å². The van der Waals surface area contributed by atoms with E-state index in [9.17, 15) is 8.78 Å². The molecule has 0 heterocycles. The summed E-state index contributed by atoms with van der Waals surface area (Å²) in [6.45, 7) is 0. The Morgan fingerprint density at radius 2 is 1.89 bits per heavy atom. The van der Waals surface area contributed by atoms with Gasteiger partial charge in [0.05, 0.1) is 11.6 Å². The molecule has 18 heavy (non-hydrogen) atoms. The Hall–Kier alpha value is -2.61. The normalized spacial score (nSPS) is 9.83. The summed E-state index contributed by atoms with van der Waals surface area (Å²) in [5, 5.41) is 8.59. The molecule has 0 aliphatic rings. The van der Waals surface area contributed by atoms with E-state index in [1.54, 1.807) is 6.07 Å². The van der Waals surface area contributed by atoms with Crippen LogP contribution in [0.1, 0.15) is 5.56 Å². The summed E-state index contributed by atoms with van der Waals surface area (Å²) in [5.74, 6) is -1.27. The van der Waals surface area contributed by atoms with E-state index in [0.29, 0.717) is 0 Å². The predicted molar refractivity (Wildman–Crippen MR) is 62.0 cm³/mol. The molecule has 0 saturated carbocycles. The monoisotopic (exact) mass is 246 g/mol. The highest BCUT2D eigenvalue weighted by molar-refractivity contribution is 5.46. The Morgan fingerprint density at radius 3 is 2.50 bits per heavy atom. The molecule has 0 unspecified atom stereocenters. The quantitative estimate of drug-likeness (QED) is 0.827. The molecule has 3 nitrogen and oxygen atoms in total. The van der Waals surface area contributed by atoms with Gasteiger partial charge in [-0.1, -0.05) is 0 Å². The van der Waals surface area contributed by atoms with Crippen molar-refractivity contribution in [2.45, 2.75) is 0 Å². The minimum absolute atomic E-state index is 0.0936. The number of nitrogens with zero attached hydrogens (tertiary/aromatic N) is 1. The van der Waals surface area contributed by atoms with Crippen molar-refractivity contribution in [3.05, 3.63) is 53.6 Å². The lowest BCUT2D eigenvalue weighted by molar-refractivity contribution is 0.439. The maximum atomic E-state index is 13.5. The molecular formula is C13H8F2N2O. The topological polar surface area (TPSA) is 59.0 Å². The number of ether oxygens (including phenoxy) is 1. The molecule has 0 radical (unpaired) electrons. The molecule has 2 N–H and O–H groups in total. The largest absolute Gasteiger partial charge is 0.454 e. The molecule has 0 saturated heterocycles. The van der Waals surface area contributed by atoms with Crippen LogP contribution in [0.15, 0.2) is 36.4 Å². The highest BCUT2D eigenvalue weighted by Gasteiger charge is 2.07. The average molecular weight is 246 g/mol. The van der Waals surface area contributed by atoms with Crippen LogP contribution in [-0.4, -0.2) is 0 Å². The third kappa shape index (κ3) is 2.55. The van der Waals surface area contributed by atoms with Gasteiger partial charge in [0.2, 0.25) is 0 Å². The molecule has 0 spiro atoms. The maximum Gasteiger partial charge on any atom is 0.167 e. The van der Waals surface area contributed by atoms with E-state index in [1.807, 2.05) is 0 Å². The first-order chi connectivity index (χ1) is 8.58. The van der Waals surface area contributed by atoms with Gasteiger partial charge in [-0.2, -0.15) is 5.26 Å². The second-order valence-corrected chi connectivity index (χ2v) is 3.58. The van der Waals surface area contributed by atoms with Crippen LogP contribution in [-0.2, 0) is 0 Å². The van der Waals surface area contributed by atoms with Crippen molar-refractivity contribution < 1.29 is 13.5 Å². The number of rotatable bonds is 2. The fourth-order valence-corrected chi connectivity index (χ4v) is 1.42. The lowest BCUT2D eigenvalue weighted by Gasteiger charge is -2.07. The minimum atomic E-state index is -0.697. The molecule has 0 aromatic heterocycles. The van der Waals surface area contributed by atoms with Crippen LogP contribution in [0.25, 0.3) is 0 Å². The van der Waals surface area contributed by atoms with E-state index < -0.39 is 11.6 Å². The smallest absolute Gasteiger partial charge is 0.167 e. The Balaban J connectivity index is 2.31. The van der Waals surface area contributed by atoms with Gasteiger partial charge in [-0.3, -0.25) is 0 Å². The Labute approximate surface area is 102 Å². The molecule has 90 valence electrons. The summed E-state index contributed by atoms with van der Waals surface area (Å²) in [4.78, 5) is 0. The highest BCUT2D eigenvalue weighted by atomic mass is 19.1. The first-order valence-electron chi connectivity index (χ1n) is 5.02. The van der Waals surface area contributed by atoms with Crippen molar-refractivity contribution in [2.24, 2.45) is 0 Å². The van der Waals surface area contributed by atoms with Crippen molar-refractivity contribution >= 4 is 5.69 Å². The van der Waals surface area contributed by atoms with Crippen LogP contribution in [0, 0.1) is 23.0 Å². The highest BCUT2D eigenvalue weighted by Crippen LogP contribution is 2.27. The van der Waals surface area contributed by atoms with Crippen molar-refractivity contribution in [1.29, 1.82) is 5.26 Å². The van der Waals surface area contributed by atoms with Crippen LogP contribution in [0.2, 0.25) is 0 Å². The third-order valence-corrected chi connectivity index (χ3v) is 2.18. The van der Waals surface area contributed by atoms with Gasteiger partial charge in [0.25, 0.3) is 0 Å². The van der Waals surface area contributed by atoms with Crippen molar-refractivity contribution in [2.75, 3.05) is 5.73 Å². The standard InChI is InChI=1S/C13H8F2N2O/c14-9-4-10(17)6-11(5-9)18-13-2-1-8(7-16)3-12(13)15/h1-6H,17H2. The molecule has 2 rings (SSSR count). The lowest BCUT2D eigenvalue weighted by Crippen LogP contribution is -1.92. The number of anilines is 1. The number of hydrogen-bond donors (Lipinski definition) is 1. The first-order valence-corrected chi connectivity index (χ1v) is 5.02. The molecule has 0 aliphatic heterocycles. The van der Waals surface area contributed by atoms with E-state index in [0.717, 1.165) is 18.2 Å². The van der Waals surface area contributed by atoms with E-state index in [-0.39, 0.29) is 22.7 Å². The number of nitriles is 1. The fraction of sp³-hybridized carbons (Fsp3) is 0. The SMILES string of the molecule is N#Cc1ccc(Oc2cc(N)cc(F)c2)c(F)c1. The van der Waals surface area contributed by atoms with Gasteiger partial charge in [0.15, 0.2) is 11.6 Å². The summed E-state index contributed by atoms with van der Waals surface area (Å²) in [6, 6.07) is 9.14. The fourth-order valence-electron chi connectivity index (χ4n) is 1.42. The molecule has 0 fully saturated rings. The minimum Gasteiger partial charge on any atom is -0.454 e. The van der Waals surface area contributed by atoms with E-state index in [1.165, 1.54) is 18.2 Å². The zero-order valence-electron chi connectivity index (χ0n) is 9.15. The van der Waals surface area contributed by atoms with E-state index >= 15 is 0 Å². The zero-order chi connectivity index (χ0) is 13.1. The molecule has 0 amide bonds. The van der Waals surface area contributed by atoms with Crippen LogP contribution < -0.4 is 10.5 Å². The van der Waals surface area contributed by atoms with Gasteiger partial charge >= 0.3 is 0 Å². The van der Waals surface area contributed by atoms with Gasteiger partial charge in [-0.15, -0.1) is 0 Å². The van der Waals surface area contributed by atoms with Gasteiger partial charge in [0, 0.05) is 17.8 Å². The second-order valence-electron chi connectivity index (χ2n) is 3.58. The lowest BCUT2D eigenvalue weighted by atomic mass is 10.2. The first kappa shape index (κ1) is 11.9. The Bertz CT molecular complexity index is 615. The summed E-state index contributed by atoms with van der Waals surface area (Å²) in [6.07, 6.45) is 0. The molecule has 5 heteroatoms. The molecule has 0 atom stereocenters. The number of nitrogen functional groups attached to an aromatic ring is 1. The summed E-state index contributed by atoms with van der Waals surface area (Å²) >= 11 is 0. The van der Waals surface area contributed by atoms with Crippen molar-refractivity contribution in [1.82, 2.24) is 0 Å². The summed E-state index contributed by atoms with van der Waals surface area (Å²) < 4.78 is 31.7. The van der Waals surface area contributed by atoms with E-state index in [4.69, 9.17) is 15.7 Å². The average Bonchev–Trinajstić information content (AvgIpc) is 2.30. The molecule has 2 aromatic rings. The maximum absolute atomic E-state index is 13.5. The number of nitrogens with two attached hydrogens (primary N) is 1. The second kappa shape index (κ2) is 4.72. The summed E-state index contributed by atoms with van der Waals surface area (Å²) in [5.41, 5.74) is 5.80. The molecule has 0 aliphatic carbocycles. The Kier molecular flexibility index (Phi) is 3.11. The molecule has 2 aromatic carbocycles. The van der Waals surface area contributed by atoms with Gasteiger partial charge < -0.3 is 10.5 Å². The van der Waals surface area contributed by atoms with Crippen LogP contribution in [0.3, 0.4) is 0 Å². The number of benzene rings is 2. The predicted octanol–water partition coefficient (Wildman–Crippen LogP) is 3.21. The van der Waals surface area contributed by atoms with Crippen molar-refractivity contribution in [3.63, 3.8) is 0 Å². The third-order valence-electron chi connectivity index (χ3n) is 2.18. The van der Waals surface area contributed by atoms with Crippen molar-refractivity contribution in [3.8, 4) is 17.6 Å². The van der Waals surface area contributed by atoms with Gasteiger partial charge in [0.1, 0.15) is 11.6 Å². The molecule has 0 bridgehead atoms. The van der Waals surface area contributed by atoms with Crippen LogP contribution in [0.4, 0.5) is 14.5 Å². The van der Waals surface area contributed by atoms with E-state index in [2.05, 4.69) is 0 Å². The zero-order valence-corrected chi connectivity index (χ0v) is 9.15. The molecular weight excluding hydrogens is 238 g/mol. The Morgan fingerprint density at radius 1 is 1.11 bits per heavy atom. The van der Waals surface area contributed by atoms with Crippen LogP contribution in [0.5, 0.6) is 11.5 Å². The summed E-state index contributed by atoms with van der Waals surface area (Å²) in [7, 11) is 0. The van der Waals surface area contributed by atoms with Crippen LogP contribution >= 0.6 is 0 Å². The van der Waals surface area contributed by atoms with Gasteiger partial charge in [-0.25, -0.2) is 8.78 Å². The number of halogens is 2. The number of hydrogen-bond acceptors (Lipinski definition) is 3.